The first kappa shape index (κ1) is 13.8. The molecule has 0 atom stereocenters. The second-order valence-electron chi connectivity index (χ2n) is 4.09. The number of hydrogen-bond acceptors (Lipinski definition) is 3. The summed E-state index contributed by atoms with van der Waals surface area (Å²) in [7, 11) is 0. The van der Waals surface area contributed by atoms with Crippen LogP contribution in [0.2, 0.25) is 0 Å². The van der Waals surface area contributed by atoms with Gasteiger partial charge in [0.2, 0.25) is 6.41 Å². The summed E-state index contributed by atoms with van der Waals surface area (Å²) < 4.78 is 31.7. The Kier molecular flexibility index (Phi) is 3.97. The molecule has 1 amide bonds. The molecular formula is C9H13F3N2O3. The molecule has 5 nitrogen and oxygen atoms in total. The van der Waals surface area contributed by atoms with Crippen molar-refractivity contribution < 1.29 is 27.9 Å². The van der Waals surface area contributed by atoms with Crippen molar-refractivity contribution in [2.24, 2.45) is 0 Å². The Balaban J connectivity index is 0.000000185. The normalized spacial score (nSPS) is 21.5. The summed E-state index contributed by atoms with van der Waals surface area (Å²) in [6.45, 7) is 2.78. The Morgan fingerprint density at radius 1 is 1.41 bits per heavy atom. The van der Waals surface area contributed by atoms with Crippen LogP contribution in [-0.2, 0) is 9.59 Å². The lowest BCUT2D eigenvalue weighted by atomic mass is 10.2. The maximum Gasteiger partial charge on any atom is 0.490 e. The van der Waals surface area contributed by atoms with Crippen LogP contribution in [0.15, 0.2) is 0 Å². The smallest absolute Gasteiger partial charge is 0.475 e. The van der Waals surface area contributed by atoms with Gasteiger partial charge in [-0.25, -0.2) is 4.79 Å². The number of amides is 1. The van der Waals surface area contributed by atoms with Crippen molar-refractivity contribution in [2.45, 2.75) is 24.6 Å². The van der Waals surface area contributed by atoms with Crippen LogP contribution in [-0.4, -0.2) is 53.7 Å². The number of carbonyl (C=O) groups excluding carboxylic acids is 1. The summed E-state index contributed by atoms with van der Waals surface area (Å²) in [4.78, 5) is 21.1. The van der Waals surface area contributed by atoms with E-state index in [2.05, 4.69) is 5.32 Å². The third kappa shape index (κ3) is 4.22. The maximum atomic E-state index is 10.6. The van der Waals surface area contributed by atoms with E-state index in [1.54, 1.807) is 0 Å². The highest BCUT2D eigenvalue weighted by Gasteiger charge is 2.45. The maximum absolute atomic E-state index is 10.6. The zero-order valence-corrected chi connectivity index (χ0v) is 8.96. The topological polar surface area (TPSA) is 69.6 Å². The third-order valence-electron chi connectivity index (χ3n) is 2.65. The Morgan fingerprint density at radius 3 is 2.29 bits per heavy atom. The minimum atomic E-state index is -5.08. The quantitative estimate of drug-likeness (QED) is 0.656. The van der Waals surface area contributed by atoms with Gasteiger partial charge in [-0.05, 0) is 12.8 Å². The zero-order chi connectivity index (χ0) is 13.1. The molecule has 0 aromatic carbocycles. The van der Waals surface area contributed by atoms with Crippen molar-refractivity contribution in [3.8, 4) is 0 Å². The van der Waals surface area contributed by atoms with Gasteiger partial charge in [0.25, 0.3) is 0 Å². The number of nitrogens with zero attached hydrogens (tertiary/aromatic N) is 1. The molecule has 1 aliphatic heterocycles. The van der Waals surface area contributed by atoms with Gasteiger partial charge in [0.1, 0.15) is 0 Å². The van der Waals surface area contributed by atoms with Gasteiger partial charge < -0.3 is 15.3 Å². The second-order valence-corrected chi connectivity index (χ2v) is 4.09. The predicted octanol–water partition coefficient (Wildman–Crippen LogP) is 0.214. The molecule has 2 fully saturated rings. The summed E-state index contributed by atoms with van der Waals surface area (Å²) in [6, 6.07) is 0. The Labute approximate surface area is 95.6 Å². The van der Waals surface area contributed by atoms with Crippen LogP contribution in [0.3, 0.4) is 0 Å². The number of halogens is 3. The van der Waals surface area contributed by atoms with Crippen molar-refractivity contribution >= 4 is 12.4 Å². The van der Waals surface area contributed by atoms with Crippen LogP contribution in [0, 0.1) is 0 Å². The second kappa shape index (κ2) is 4.91. The van der Waals surface area contributed by atoms with E-state index in [0.717, 1.165) is 26.0 Å². The van der Waals surface area contributed by atoms with Crippen LogP contribution in [0.1, 0.15) is 12.8 Å². The van der Waals surface area contributed by atoms with E-state index < -0.39 is 12.1 Å². The molecule has 98 valence electrons. The van der Waals surface area contributed by atoms with Gasteiger partial charge in [-0.15, -0.1) is 0 Å². The molecule has 2 rings (SSSR count). The minimum absolute atomic E-state index is 0.346. The number of piperazine rings is 1. The van der Waals surface area contributed by atoms with Crippen LogP contribution in [0.5, 0.6) is 0 Å². The van der Waals surface area contributed by atoms with Crippen molar-refractivity contribution in [1.29, 1.82) is 0 Å². The van der Waals surface area contributed by atoms with Gasteiger partial charge in [0, 0.05) is 25.2 Å². The number of aliphatic carboxylic acids is 1. The van der Waals surface area contributed by atoms with Crippen LogP contribution >= 0.6 is 0 Å². The van der Waals surface area contributed by atoms with Crippen LogP contribution < -0.4 is 5.32 Å². The van der Waals surface area contributed by atoms with Crippen molar-refractivity contribution in [2.75, 3.05) is 19.6 Å². The largest absolute Gasteiger partial charge is 0.490 e. The average Bonchev–Trinajstić information content (AvgIpc) is 2.97. The van der Waals surface area contributed by atoms with E-state index in [1.807, 2.05) is 4.90 Å². The molecule has 1 spiro atoms. The molecular weight excluding hydrogens is 241 g/mol. The molecule has 1 heterocycles. The van der Waals surface area contributed by atoms with E-state index in [9.17, 15) is 18.0 Å². The fourth-order valence-electron chi connectivity index (χ4n) is 1.56. The monoisotopic (exact) mass is 254 g/mol. The number of carboxylic acid groups (broad SMARTS) is 1. The summed E-state index contributed by atoms with van der Waals surface area (Å²) in [5.74, 6) is -2.76. The predicted molar refractivity (Wildman–Crippen MR) is 51.3 cm³/mol. The molecule has 0 radical (unpaired) electrons. The first-order valence-electron chi connectivity index (χ1n) is 5.04. The van der Waals surface area contributed by atoms with Crippen LogP contribution in [0.4, 0.5) is 13.2 Å². The minimum Gasteiger partial charge on any atom is -0.475 e. The van der Waals surface area contributed by atoms with E-state index in [-0.39, 0.29) is 0 Å². The molecule has 8 heteroatoms. The lowest BCUT2D eigenvalue weighted by Crippen LogP contribution is -2.51. The lowest BCUT2D eigenvalue weighted by molar-refractivity contribution is -0.192. The highest BCUT2D eigenvalue weighted by atomic mass is 19.4. The van der Waals surface area contributed by atoms with Gasteiger partial charge >= 0.3 is 12.1 Å². The SMILES string of the molecule is O=C(O)C(F)(F)F.O=CN1CCNC2(CC2)C1. The van der Waals surface area contributed by atoms with E-state index >= 15 is 0 Å². The third-order valence-corrected chi connectivity index (χ3v) is 2.65. The summed E-state index contributed by atoms with van der Waals surface area (Å²) >= 11 is 0. The Bertz CT molecular complexity index is 302. The van der Waals surface area contributed by atoms with E-state index in [0.29, 0.717) is 5.54 Å². The number of carbonyl (C=O) groups is 2. The van der Waals surface area contributed by atoms with Gasteiger partial charge in [-0.2, -0.15) is 13.2 Å². The van der Waals surface area contributed by atoms with Crippen molar-refractivity contribution in [3.63, 3.8) is 0 Å². The Morgan fingerprint density at radius 2 is 1.94 bits per heavy atom. The van der Waals surface area contributed by atoms with E-state index in [1.165, 1.54) is 12.8 Å². The van der Waals surface area contributed by atoms with Gasteiger partial charge in [0.05, 0.1) is 0 Å². The van der Waals surface area contributed by atoms with Crippen molar-refractivity contribution in [1.82, 2.24) is 10.2 Å². The van der Waals surface area contributed by atoms with Gasteiger partial charge in [-0.1, -0.05) is 0 Å². The highest BCUT2D eigenvalue weighted by molar-refractivity contribution is 5.73. The van der Waals surface area contributed by atoms with Crippen LogP contribution in [0.25, 0.3) is 0 Å². The molecule has 0 bridgehead atoms. The molecule has 2 N–H and O–H groups in total. The summed E-state index contributed by atoms with van der Waals surface area (Å²) in [6.07, 6.45) is -1.63. The fourth-order valence-corrected chi connectivity index (χ4v) is 1.56. The molecule has 0 unspecified atom stereocenters. The number of carboxylic acids is 1. The summed E-state index contributed by atoms with van der Waals surface area (Å²) in [5.41, 5.74) is 0.346. The number of hydrogen-bond donors (Lipinski definition) is 2. The lowest BCUT2D eigenvalue weighted by Gasteiger charge is -2.31. The van der Waals surface area contributed by atoms with Crippen molar-refractivity contribution in [3.05, 3.63) is 0 Å². The highest BCUT2D eigenvalue weighted by Crippen LogP contribution is 2.36. The van der Waals surface area contributed by atoms with Gasteiger partial charge in [0.15, 0.2) is 0 Å². The first-order valence-corrected chi connectivity index (χ1v) is 5.04. The fraction of sp³-hybridized carbons (Fsp3) is 0.778. The van der Waals surface area contributed by atoms with E-state index in [4.69, 9.17) is 9.90 Å². The van der Waals surface area contributed by atoms with Gasteiger partial charge in [-0.3, -0.25) is 4.79 Å². The number of nitrogens with one attached hydrogen (secondary N) is 1. The Hall–Kier alpha value is -1.31. The molecule has 1 saturated carbocycles. The average molecular weight is 254 g/mol. The first-order chi connectivity index (χ1) is 7.79. The number of alkyl halides is 3. The molecule has 1 saturated heterocycles. The molecule has 0 aromatic rings. The summed E-state index contributed by atoms with van der Waals surface area (Å²) in [5, 5.41) is 10.6. The molecule has 17 heavy (non-hydrogen) atoms. The number of rotatable bonds is 1. The zero-order valence-electron chi connectivity index (χ0n) is 8.96. The molecule has 1 aliphatic carbocycles. The standard InChI is InChI=1S/C7H12N2O.C2HF3O2/c10-6-9-4-3-8-7(5-9)1-2-7;3-2(4,5)1(6)7/h6,8H,1-5H2;(H,6,7). The molecule has 2 aliphatic rings. The molecule has 0 aromatic heterocycles.